The summed E-state index contributed by atoms with van der Waals surface area (Å²) in [5, 5.41) is 24.2. The topological polar surface area (TPSA) is 117 Å². The van der Waals surface area contributed by atoms with Crippen molar-refractivity contribution < 1.29 is 17.8 Å². The van der Waals surface area contributed by atoms with Crippen molar-refractivity contribution in [2.24, 2.45) is 0 Å². The van der Waals surface area contributed by atoms with Crippen molar-refractivity contribution in [3.05, 3.63) is 59.9 Å². The number of anilines is 1. The van der Waals surface area contributed by atoms with Crippen molar-refractivity contribution >= 4 is 28.2 Å². The minimum absolute atomic E-state index is 0.0916. The lowest BCUT2D eigenvalue weighted by atomic mass is 10.1. The lowest BCUT2D eigenvalue weighted by Crippen LogP contribution is -2.48. The number of nitrogens with one attached hydrogen (secondary N) is 1. The van der Waals surface area contributed by atoms with Gasteiger partial charge in [-0.15, -0.1) is 5.10 Å². The first kappa shape index (κ1) is 23.9. The van der Waals surface area contributed by atoms with Crippen molar-refractivity contribution in [2.45, 2.75) is 53.6 Å². The molecule has 2 aliphatic heterocycles. The summed E-state index contributed by atoms with van der Waals surface area (Å²) in [6.07, 6.45) is 2.72. The Morgan fingerprint density at radius 2 is 2.05 bits per heavy atom. The quantitative estimate of drug-likeness (QED) is 0.493. The maximum Gasteiger partial charge on any atom is 0.321 e. The van der Waals surface area contributed by atoms with E-state index >= 15 is 0 Å². The van der Waals surface area contributed by atoms with Crippen LogP contribution in [0.3, 0.4) is 0 Å². The monoisotopic (exact) mass is 541 g/mol. The predicted molar refractivity (Wildman–Crippen MR) is 133 cm³/mol. The number of alkyl halides is 2. The second kappa shape index (κ2) is 8.30. The molecule has 2 aromatic heterocycles. The largest absolute Gasteiger partial charge is 0.343 e. The molecule has 1 aromatic carbocycles. The first-order valence-electron chi connectivity index (χ1n) is 11.7. The lowest BCUT2D eigenvalue weighted by molar-refractivity contribution is -0.122. The Bertz CT molecular complexity index is 1580. The first-order valence-corrected chi connectivity index (χ1v) is 14.9. The molecule has 0 radical (unpaired) electrons. The number of aryl methyl sites for hydroxylation is 1. The number of hydrogen-bond acceptors (Lipinski definition) is 7. The molecule has 3 aliphatic rings. The molecule has 9 nitrogen and oxygen atoms in total. The van der Waals surface area contributed by atoms with E-state index in [0.29, 0.717) is 30.2 Å². The van der Waals surface area contributed by atoms with Gasteiger partial charge in [-0.1, -0.05) is 18.2 Å². The van der Waals surface area contributed by atoms with Crippen molar-refractivity contribution in [2.75, 3.05) is 11.4 Å². The number of carbonyl (C=O) groups is 1. The third kappa shape index (κ3) is 3.88. The fourth-order valence-corrected chi connectivity index (χ4v) is 10.9. The Labute approximate surface area is 213 Å². The summed E-state index contributed by atoms with van der Waals surface area (Å²) in [5.74, 6) is 0.535. The van der Waals surface area contributed by atoms with Gasteiger partial charge in [-0.2, -0.15) is 28.9 Å². The number of hydrogen-bond donors (Lipinski definition) is 1. The van der Waals surface area contributed by atoms with E-state index < -0.39 is 44.9 Å². The molecule has 3 aromatic rings. The fourth-order valence-electron chi connectivity index (χ4n) is 5.00. The zero-order chi connectivity index (χ0) is 26.0. The normalized spacial score (nSPS) is 27.1. The zero-order valence-corrected chi connectivity index (χ0v) is 21.4. The molecule has 37 heavy (non-hydrogen) atoms. The van der Waals surface area contributed by atoms with Gasteiger partial charge in [-0.3, -0.25) is 9.00 Å². The van der Waals surface area contributed by atoms with Crippen LogP contribution in [0.15, 0.2) is 53.6 Å². The average Bonchev–Trinajstić information content (AvgIpc) is 3.23. The van der Waals surface area contributed by atoms with E-state index in [2.05, 4.69) is 26.7 Å². The number of aromatic nitrogens is 4. The van der Waals surface area contributed by atoms with Crippen LogP contribution in [0.4, 0.5) is 14.6 Å². The number of rotatable bonds is 5. The third-order valence-electron chi connectivity index (χ3n) is 7.00. The zero-order valence-electron chi connectivity index (χ0n) is 19.7. The van der Waals surface area contributed by atoms with Crippen LogP contribution in [0.1, 0.15) is 30.5 Å². The summed E-state index contributed by atoms with van der Waals surface area (Å²) < 4.78 is 45.8. The number of amides is 1. The smallest absolute Gasteiger partial charge is 0.321 e. The van der Waals surface area contributed by atoms with Gasteiger partial charge in [0.25, 0.3) is 0 Å². The van der Waals surface area contributed by atoms with Crippen LogP contribution >= 0.6 is 7.36 Å². The van der Waals surface area contributed by atoms with Gasteiger partial charge in [0.2, 0.25) is 5.91 Å². The van der Waals surface area contributed by atoms with Crippen LogP contribution in [-0.2, 0) is 19.6 Å². The predicted octanol–water partition coefficient (Wildman–Crippen LogP) is 3.36. The molecule has 0 spiro atoms. The highest BCUT2D eigenvalue weighted by Gasteiger charge is 2.52. The molecule has 1 amide bonds. The summed E-state index contributed by atoms with van der Waals surface area (Å²) in [5.41, 5.74) is -3.72. The van der Waals surface area contributed by atoms with Gasteiger partial charge in [-0.05, 0) is 44.4 Å². The molecule has 2 fully saturated rings. The molecule has 3 atom stereocenters. The van der Waals surface area contributed by atoms with Crippen molar-refractivity contribution in [3.63, 3.8) is 0 Å². The molecule has 1 saturated heterocycles. The van der Waals surface area contributed by atoms with Gasteiger partial charge in [0, 0.05) is 45.7 Å². The minimum atomic E-state index is -3.24. The molecular weight excluding hydrogens is 519 g/mol. The Balaban J connectivity index is 1.44. The number of nitriles is 1. The van der Waals surface area contributed by atoms with Crippen LogP contribution in [0.5, 0.6) is 0 Å². The standard InChI is InChI=1S/C24H22F2N7O2PS/c1-15-11-21(33(31-15)20-7-4-10-28-30-20)32-13-16(12-18(32)22(34)29-23(14-27)8-9-23)37(35)19-6-3-2-5-17(19)24(25,26)36-37/h2-7,10-11,16,18H,8-9,12-13H2,1H3,(H,29,34)/t16-,18+,37?/m1/s1. The molecule has 1 saturated carbocycles. The van der Waals surface area contributed by atoms with Crippen molar-refractivity contribution in [1.82, 2.24) is 25.3 Å². The maximum absolute atomic E-state index is 15.0. The Morgan fingerprint density at radius 1 is 1.27 bits per heavy atom. The van der Waals surface area contributed by atoms with Crippen LogP contribution < -0.4 is 10.2 Å². The average molecular weight is 542 g/mol. The molecular formula is C24H22F2N7O2PS. The van der Waals surface area contributed by atoms with Gasteiger partial charge in [-0.25, -0.2) is 0 Å². The third-order valence-corrected chi connectivity index (χ3v) is 13.0. The molecule has 1 unspecified atom stereocenters. The summed E-state index contributed by atoms with van der Waals surface area (Å²) in [6.45, 7) is 1.89. The van der Waals surface area contributed by atoms with Gasteiger partial charge in [0.05, 0.1) is 17.0 Å². The van der Waals surface area contributed by atoms with Gasteiger partial charge >= 0.3 is 5.66 Å². The van der Waals surface area contributed by atoms with Crippen LogP contribution in [0.2, 0.25) is 0 Å². The summed E-state index contributed by atoms with van der Waals surface area (Å²) in [4.78, 5) is 15.4. The summed E-state index contributed by atoms with van der Waals surface area (Å²) >= 11 is 0. The van der Waals surface area contributed by atoms with E-state index in [1.807, 2.05) is 0 Å². The van der Waals surface area contributed by atoms with E-state index in [-0.39, 0.29) is 23.4 Å². The molecule has 13 heteroatoms. The Kier molecular flexibility index (Phi) is 5.37. The van der Waals surface area contributed by atoms with Gasteiger partial charge in [0.15, 0.2) is 5.82 Å². The van der Waals surface area contributed by atoms with Crippen molar-refractivity contribution in [1.29, 1.82) is 5.26 Å². The first-order chi connectivity index (χ1) is 17.7. The fraction of sp³-hybridized carbons (Fsp3) is 0.375. The molecule has 190 valence electrons. The van der Waals surface area contributed by atoms with E-state index in [9.17, 15) is 23.0 Å². The number of benzene rings is 1. The van der Waals surface area contributed by atoms with Crippen LogP contribution in [0.25, 0.3) is 5.82 Å². The second-order valence-corrected chi connectivity index (χ2v) is 14.7. The number of fused-ring (bicyclic) bond motifs is 1. The molecule has 1 aliphatic carbocycles. The minimum Gasteiger partial charge on any atom is -0.343 e. The molecule has 4 heterocycles. The van der Waals surface area contributed by atoms with Gasteiger partial charge < -0.3 is 10.2 Å². The van der Waals surface area contributed by atoms with Crippen LogP contribution in [0, 0.1) is 18.3 Å². The van der Waals surface area contributed by atoms with E-state index in [1.165, 1.54) is 24.4 Å². The molecule has 1 N–H and O–H groups in total. The highest BCUT2D eigenvalue weighted by Crippen LogP contribution is 2.55. The Hall–Kier alpha value is -3.42. The van der Waals surface area contributed by atoms with E-state index in [0.717, 1.165) is 0 Å². The molecule has 6 rings (SSSR count). The van der Waals surface area contributed by atoms with E-state index in [4.69, 9.17) is 0 Å². The number of carbonyl (C=O) groups excluding carboxylic acids is 1. The van der Waals surface area contributed by atoms with E-state index in [1.54, 1.807) is 40.8 Å². The number of nitrogens with zero attached hydrogens (tertiary/aromatic N) is 6. The highest BCUT2D eigenvalue weighted by molar-refractivity contribution is 8.26. The highest BCUT2D eigenvalue weighted by atomic mass is 32.5. The molecule has 0 bridgehead atoms. The summed E-state index contributed by atoms with van der Waals surface area (Å²) in [7, 11) is -3.69. The van der Waals surface area contributed by atoms with Crippen molar-refractivity contribution in [3.8, 4) is 11.9 Å². The Morgan fingerprint density at radius 3 is 2.76 bits per heavy atom. The second-order valence-electron chi connectivity index (χ2n) is 9.54. The van der Waals surface area contributed by atoms with Crippen LogP contribution in [-0.4, -0.2) is 53.5 Å². The number of halogens is 2. The SMILES string of the molecule is Cc1cc(N2C[C@H](S3(=O)=PC(F)(F)c4ccccc43)C[C@H]2C(=O)NC2(C#N)CC2)n(-c2cccnn2)n1. The van der Waals surface area contributed by atoms with Gasteiger partial charge in [0.1, 0.15) is 17.4 Å². The summed E-state index contributed by atoms with van der Waals surface area (Å²) in [6, 6.07) is 12.5. The maximum atomic E-state index is 15.0. The lowest BCUT2D eigenvalue weighted by Gasteiger charge is -2.26.